The number of rotatable bonds is 4. The van der Waals surface area contributed by atoms with Crippen molar-refractivity contribution in [3.05, 3.63) is 23.3 Å². The summed E-state index contributed by atoms with van der Waals surface area (Å²) in [5, 5.41) is 0. The Balaban J connectivity index is 1.88. The average Bonchev–Trinajstić information content (AvgIpc) is 2.64. The number of esters is 1. The molecule has 1 atom stereocenters. The van der Waals surface area contributed by atoms with Gasteiger partial charge >= 0.3 is 5.97 Å². The van der Waals surface area contributed by atoms with E-state index in [0.717, 1.165) is 17.5 Å². The first-order valence-electron chi connectivity index (χ1n) is 8.40. The number of hydrogen-bond donors (Lipinski definition) is 0. The molecule has 0 saturated carbocycles. The number of benzene rings is 1. The Morgan fingerprint density at radius 1 is 1.19 bits per heavy atom. The highest BCUT2D eigenvalue weighted by Gasteiger charge is 2.39. The molecule has 2 aliphatic rings. The number of methoxy groups -OCH3 is 2. The molecule has 2 heterocycles. The standard InChI is InChI=1S/C18H22N2O6/c1-11(21)26-10-18(23)19-8-14-13-7-16(25-3)15(24-2)6-12(13)4-5-20(14)17(22)9-19/h6-7,14H,4-5,8-10H2,1-3H3. The van der Waals surface area contributed by atoms with Crippen LogP contribution in [0.25, 0.3) is 0 Å². The van der Waals surface area contributed by atoms with Gasteiger partial charge in [-0.15, -0.1) is 0 Å². The molecular weight excluding hydrogens is 340 g/mol. The maximum atomic E-state index is 12.5. The zero-order valence-electron chi connectivity index (χ0n) is 15.1. The first-order chi connectivity index (χ1) is 12.4. The predicted molar refractivity (Wildman–Crippen MR) is 90.9 cm³/mol. The topological polar surface area (TPSA) is 85.4 Å². The van der Waals surface area contributed by atoms with Crippen molar-refractivity contribution in [1.29, 1.82) is 0 Å². The van der Waals surface area contributed by atoms with Crippen LogP contribution in [-0.2, 0) is 25.5 Å². The van der Waals surface area contributed by atoms with Gasteiger partial charge in [-0.3, -0.25) is 14.4 Å². The Morgan fingerprint density at radius 3 is 2.54 bits per heavy atom. The number of amides is 2. The second kappa shape index (κ2) is 7.23. The van der Waals surface area contributed by atoms with Crippen LogP contribution in [0, 0.1) is 0 Å². The van der Waals surface area contributed by atoms with E-state index >= 15 is 0 Å². The Labute approximate surface area is 151 Å². The summed E-state index contributed by atoms with van der Waals surface area (Å²) < 4.78 is 15.5. The van der Waals surface area contributed by atoms with Crippen molar-refractivity contribution in [1.82, 2.24) is 9.80 Å². The lowest BCUT2D eigenvalue weighted by Crippen LogP contribution is -2.56. The summed E-state index contributed by atoms with van der Waals surface area (Å²) in [5.41, 5.74) is 2.03. The molecule has 140 valence electrons. The summed E-state index contributed by atoms with van der Waals surface area (Å²) in [6.07, 6.45) is 0.722. The highest BCUT2D eigenvalue weighted by molar-refractivity contribution is 5.88. The van der Waals surface area contributed by atoms with Crippen LogP contribution in [0.5, 0.6) is 11.5 Å². The molecule has 0 radical (unpaired) electrons. The number of carbonyl (C=O) groups is 3. The van der Waals surface area contributed by atoms with Gasteiger partial charge in [-0.25, -0.2) is 0 Å². The quantitative estimate of drug-likeness (QED) is 0.727. The third-order valence-electron chi connectivity index (χ3n) is 4.79. The second-order valence-electron chi connectivity index (χ2n) is 6.31. The fraction of sp³-hybridized carbons (Fsp3) is 0.500. The van der Waals surface area contributed by atoms with Crippen LogP contribution < -0.4 is 9.47 Å². The van der Waals surface area contributed by atoms with Gasteiger partial charge in [0.15, 0.2) is 18.1 Å². The van der Waals surface area contributed by atoms with Crippen LogP contribution in [0.4, 0.5) is 0 Å². The number of nitrogens with zero attached hydrogens (tertiary/aromatic N) is 2. The molecule has 2 amide bonds. The Hall–Kier alpha value is -2.77. The molecule has 0 aromatic heterocycles. The van der Waals surface area contributed by atoms with Crippen molar-refractivity contribution < 1.29 is 28.6 Å². The lowest BCUT2D eigenvalue weighted by Gasteiger charge is -2.44. The summed E-state index contributed by atoms with van der Waals surface area (Å²) in [6.45, 7) is 1.84. The van der Waals surface area contributed by atoms with Gasteiger partial charge in [-0.05, 0) is 29.7 Å². The molecular formula is C18H22N2O6. The first-order valence-corrected chi connectivity index (χ1v) is 8.40. The monoisotopic (exact) mass is 362 g/mol. The number of hydrogen-bond acceptors (Lipinski definition) is 6. The van der Waals surface area contributed by atoms with Crippen LogP contribution >= 0.6 is 0 Å². The lowest BCUT2D eigenvalue weighted by atomic mass is 9.90. The van der Waals surface area contributed by atoms with Gasteiger partial charge < -0.3 is 24.0 Å². The van der Waals surface area contributed by atoms with Gasteiger partial charge in [0.05, 0.1) is 26.8 Å². The van der Waals surface area contributed by atoms with Gasteiger partial charge in [0.1, 0.15) is 0 Å². The molecule has 1 saturated heterocycles. The summed E-state index contributed by atoms with van der Waals surface area (Å²) in [6, 6.07) is 3.55. The van der Waals surface area contributed by atoms with Gasteiger partial charge in [0.25, 0.3) is 5.91 Å². The summed E-state index contributed by atoms with van der Waals surface area (Å²) >= 11 is 0. The molecule has 1 aromatic carbocycles. The van der Waals surface area contributed by atoms with Crippen LogP contribution in [0.2, 0.25) is 0 Å². The van der Waals surface area contributed by atoms with Crippen molar-refractivity contribution in [3.8, 4) is 11.5 Å². The van der Waals surface area contributed by atoms with Gasteiger partial charge in [-0.2, -0.15) is 0 Å². The third-order valence-corrected chi connectivity index (χ3v) is 4.79. The predicted octanol–water partition coefficient (Wildman–Crippen LogP) is 0.535. The first kappa shape index (κ1) is 18.0. The Kier molecular flexibility index (Phi) is 5.01. The van der Waals surface area contributed by atoms with E-state index in [1.165, 1.54) is 11.8 Å². The highest BCUT2D eigenvalue weighted by Crippen LogP contribution is 2.39. The minimum atomic E-state index is -0.525. The zero-order chi connectivity index (χ0) is 18.8. The van der Waals surface area contributed by atoms with Crippen LogP contribution in [-0.4, -0.2) is 68.0 Å². The molecule has 1 unspecified atom stereocenters. The molecule has 2 aliphatic heterocycles. The third kappa shape index (κ3) is 3.31. The zero-order valence-corrected chi connectivity index (χ0v) is 15.1. The molecule has 8 nitrogen and oxygen atoms in total. The summed E-state index contributed by atoms with van der Waals surface area (Å²) in [5.74, 6) is 0.218. The Morgan fingerprint density at radius 2 is 1.88 bits per heavy atom. The van der Waals surface area contributed by atoms with E-state index in [9.17, 15) is 14.4 Å². The SMILES string of the molecule is COc1cc2c(cc1OC)C1CN(C(=O)COC(C)=O)CC(=O)N1CC2. The average molecular weight is 362 g/mol. The smallest absolute Gasteiger partial charge is 0.303 e. The van der Waals surface area contributed by atoms with Crippen molar-refractivity contribution in [2.75, 3.05) is 40.5 Å². The van der Waals surface area contributed by atoms with E-state index in [0.29, 0.717) is 24.6 Å². The van der Waals surface area contributed by atoms with Crippen molar-refractivity contribution in [3.63, 3.8) is 0 Å². The van der Waals surface area contributed by atoms with Crippen LogP contribution in [0.3, 0.4) is 0 Å². The number of piperazine rings is 1. The summed E-state index contributed by atoms with van der Waals surface area (Å²) in [7, 11) is 3.14. The second-order valence-corrected chi connectivity index (χ2v) is 6.31. The highest BCUT2D eigenvalue weighted by atomic mass is 16.5. The molecule has 8 heteroatoms. The van der Waals surface area contributed by atoms with Crippen molar-refractivity contribution in [2.24, 2.45) is 0 Å². The normalized spacial score (nSPS) is 18.7. The van der Waals surface area contributed by atoms with E-state index < -0.39 is 5.97 Å². The molecule has 3 rings (SSSR count). The van der Waals surface area contributed by atoms with Crippen LogP contribution in [0.1, 0.15) is 24.1 Å². The van der Waals surface area contributed by atoms with Gasteiger partial charge in [-0.1, -0.05) is 0 Å². The lowest BCUT2D eigenvalue weighted by molar-refractivity contribution is -0.156. The number of fused-ring (bicyclic) bond motifs is 3. The number of carbonyl (C=O) groups excluding carboxylic acids is 3. The van der Waals surface area contributed by atoms with E-state index in [2.05, 4.69) is 0 Å². The minimum absolute atomic E-state index is 0.000773. The van der Waals surface area contributed by atoms with E-state index in [1.807, 2.05) is 12.1 Å². The minimum Gasteiger partial charge on any atom is -0.493 e. The van der Waals surface area contributed by atoms with Gasteiger partial charge in [0, 0.05) is 20.0 Å². The molecule has 0 bridgehead atoms. The fourth-order valence-corrected chi connectivity index (χ4v) is 3.50. The van der Waals surface area contributed by atoms with Crippen molar-refractivity contribution >= 4 is 17.8 Å². The van der Waals surface area contributed by atoms with Crippen LogP contribution in [0.15, 0.2) is 12.1 Å². The Bertz CT molecular complexity index is 747. The molecule has 0 spiro atoms. The fourth-order valence-electron chi connectivity index (χ4n) is 3.50. The van der Waals surface area contributed by atoms with E-state index in [4.69, 9.17) is 14.2 Å². The van der Waals surface area contributed by atoms with Gasteiger partial charge in [0.2, 0.25) is 5.91 Å². The van der Waals surface area contributed by atoms with E-state index in [-0.39, 0.29) is 31.0 Å². The molecule has 26 heavy (non-hydrogen) atoms. The largest absolute Gasteiger partial charge is 0.493 e. The number of ether oxygens (including phenoxy) is 3. The van der Waals surface area contributed by atoms with E-state index in [1.54, 1.807) is 19.1 Å². The molecule has 1 fully saturated rings. The molecule has 0 N–H and O–H groups in total. The van der Waals surface area contributed by atoms with Crippen molar-refractivity contribution in [2.45, 2.75) is 19.4 Å². The molecule has 0 aliphatic carbocycles. The summed E-state index contributed by atoms with van der Waals surface area (Å²) in [4.78, 5) is 39.0. The maximum Gasteiger partial charge on any atom is 0.303 e. The maximum absolute atomic E-state index is 12.5. The molecule has 1 aromatic rings.